The summed E-state index contributed by atoms with van der Waals surface area (Å²) in [6, 6.07) is 4.14. The van der Waals surface area contributed by atoms with Crippen molar-refractivity contribution < 1.29 is 4.42 Å². The molecule has 0 amide bonds. The summed E-state index contributed by atoms with van der Waals surface area (Å²) in [5.74, 6) is 2.27. The fraction of sp³-hybridized carbons (Fsp3) is 0.500. The van der Waals surface area contributed by atoms with Gasteiger partial charge in [-0.25, -0.2) is 9.98 Å². The van der Waals surface area contributed by atoms with Gasteiger partial charge in [0.2, 0.25) is 5.89 Å². The molecule has 0 spiro atoms. The highest BCUT2D eigenvalue weighted by atomic mass is 79.9. The maximum atomic E-state index is 5.76. The molecule has 7 heteroatoms. The Morgan fingerprint density at radius 2 is 2.13 bits per heavy atom. The number of hydrogen-bond acceptors (Lipinski definition) is 4. The maximum Gasteiger partial charge on any atom is 0.216 e. The minimum absolute atomic E-state index is 0.0374. The molecule has 0 bridgehead atoms. The van der Waals surface area contributed by atoms with Gasteiger partial charge < -0.3 is 15.1 Å². The Hall–Kier alpha value is -1.34. The highest BCUT2D eigenvalue weighted by molar-refractivity contribution is 9.11. The number of guanidine groups is 1. The number of aliphatic imine (C=N–C) groups is 1. The van der Waals surface area contributed by atoms with Gasteiger partial charge in [0.05, 0.1) is 16.5 Å². The molecular weight excluding hydrogens is 376 g/mol. The van der Waals surface area contributed by atoms with Gasteiger partial charge >= 0.3 is 0 Å². The van der Waals surface area contributed by atoms with Crippen LogP contribution in [-0.2, 0) is 18.5 Å². The monoisotopic (exact) mass is 398 g/mol. The number of aromatic nitrogens is 1. The molecule has 0 atom stereocenters. The fourth-order valence-corrected chi connectivity index (χ4v) is 3.26. The lowest BCUT2D eigenvalue weighted by molar-refractivity contribution is 0.383. The van der Waals surface area contributed by atoms with Crippen molar-refractivity contribution in [1.29, 1.82) is 0 Å². The quantitative estimate of drug-likeness (QED) is 0.588. The van der Waals surface area contributed by atoms with Gasteiger partial charge in [-0.15, -0.1) is 11.3 Å². The van der Waals surface area contributed by atoms with E-state index >= 15 is 0 Å². The average molecular weight is 399 g/mol. The van der Waals surface area contributed by atoms with E-state index in [0.29, 0.717) is 12.4 Å². The van der Waals surface area contributed by atoms with Crippen molar-refractivity contribution in [3.63, 3.8) is 0 Å². The molecular formula is C16H23BrN4OS. The number of hydrogen-bond donors (Lipinski definition) is 2. The molecule has 0 aromatic carbocycles. The molecule has 2 N–H and O–H groups in total. The van der Waals surface area contributed by atoms with E-state index in [1.807, 2.05) is 13.0 Å². The molecule has 0 aliphatic heterocycles. The summed E-state index contributed by atoms with van der Waals surface area (Å²) in [6.45, 7) is 10.3. The molecule has 0 saturated carbocycles. The number of oxazole rings is 1. The molecule has 5 nitrogen and oxygen atoms in total. The van der Waals surface area contributed by atoms with Crippen LogP contribution in [-0.4, -0.2) is 17.5 Å². The predicted octanol–water partition coefficient (Wildman–Crippen LogP) is 4.05. The molecule has 2 aromatic heterocycles. The minimum Gasteiger partial charge on any atom is -0.443 e. The molecule has 0 saturated heterocycles. The van der Waals surface area contributed by atoms with E-state index in [4.69, 9.17) is 4.42 Å². The van der Waals surface area contributed by atoms with E-state index < -0.39 is 0 Å². The van der Waals surface area contributed by atoms with Crippen molar-refractivity contribution in [3.8, 4) is 0 Å². The number of rotatable bonds is 5. The summed E-state index contributed by atoms with van der Waals surface area (Å²) < 4.78 is 6.90. The molecule has 0 unspecified atom stereocenters. The van der Waals surface area contributed by atoms with E-state index in [1.54, 1.807) is 17.5 Å². The van der Waals surface area contributed by atoms with Gasteiger partial charge in [0, 0.05) is 16.8 Å². The van der Waals surface area contributed by atoms with Crippen molar-refractivity contribution in [1.82, 2.24) is 15.6 Å². The number of halogens is 1. The van der Waals surface area contributed by atoms with Crippen molar-refractivity contribution in [2.75, 3.05) is 6.54 Å². The van der Waals surface area contributed by atoms with Crippen LogP contribution in [0.1, 0.15) is 44.2 Å². The average Bonchev–Trinajstić information content (AvgIpc) is 3.10. The Kier molecular flexibility index (Phi) is 6.24. The normalized spacial score (nSPS) is 12.5. The molecule has 126 valence electrons. The molecule has 0 aliphatic carbocycles. The lowest BCUT2D eigenvalue weighted by Gasteiger charge is -2.13. The molecule has 0 aliphatic rings. The summed E-state index contributed by atoms with van der Waals surface area (Å²) in [5, 5.41) is 6.55. The summed E-state index contributed by atoms with van der Waals surface area (Å²) >= 11 is 5.18. The summed E-state index contributed by atoms with van der Waals surface area (Å²) in [4.78, 5) is 10.1. The van der Waals surface area contributed by atoms with Gasteiger partial charge in [-0.3, -0.25) is 0 Å². The third-order valence-electron chi connectivity index (χ3n) is 3.07. The Balaban J connectivity index is 1.96. The first-order valence-electron chi connectivity index (χ1n) is 7.60. The molecule has 2 heterocycles. The fourth-order valence-electron chi connectivity index (χ4n) is 1.84. The lowest BCUT2D eigenvalue weighted by atomic mass is 9.94. The minimum atomic E-state index is -0.0374. The van der Waals surface area contributed by atoms with Crippen molar-refractivity contribution in [2.45, 2.75) is 46.2 Å². The third kappa shape index (κ3) is 5.66. The van der Waals surface area contributed by atoms with Crippen molar-refractivity contribution in [3.05, 3.63) is 38.6 Å². The van der Waals surface area contributed by atoms with Crippen LogP contribution < -0.4 is 10.6 Å². The van der Waals surface area contributed by atoms with Gasteiger partial charge in [-0.2, -0.15) is 0 Å². The first-order chi connectivity index (χ1) is 10.9. The van der Waals surface area contributed by atoms with E-state index in [9.17, 15) is 0 Å². The standard InChI is InChI=1S/C16H23BrN4OS/c1-5-18-15(20-8-11-6-7-13(17)23-11)21-10-14-19-9-12(22-14)16(2,3)4/h6-7,9H,5,8,10H2,1-4H3,(H2,18,20,21). The van der Waals surface area contributed by atoms with E-state index in [1.165, 1.54) is 4.88 Å². The van der Waals surface area contributed by atoms with Crippen LogP contribution in [0.3, 0.4) is 0 Å². The maximum absolute atomic E-state index is 5.76. The highest BCUT2D eigenvalue weighted by Gasteiger charge is 2.18. The largest absolute Gasteiger partial charge is 0.443 e. The summed E-state index contributed by atoms with van der Waals surface area (Å²) in [7, 11) is 0. The van der Waals surface area contributed by atoms with Crippen LogP contribution in [0.4, 0.5) is 0 Å². The van der Waals surface area contributed by atoms with Gasteiger partial charge in [0.1, 0.15) is 12.3 Å². The molecule has 23 heavy (non-hydrogen) atoms. The second kappa shape index (κ2) is 7.97. The Morgan fingerprint density at radius 1 is 1.35 bits per heavy atom. The van der Waals surface area contributed by atoms with Crippen LogP contribution in [0.5, 0.6) is 0 Å². The Labute approximate surface area is 149 Å². The first-order valence-corrected chi connectivity index (χ1v) is 9.21. The van der Waals surface area contributed by atoms with Gasteiger partial charge in [0.25, 0.3) is 0 Å². The van der Waals surface area contributed by atoms with Gasteiger partial charge in [0.15, 0.2) is 5.96 Å². The highest BCUT2D eigenvalue weighted by Crippen LogP contribution is 2.23. The van der Waals surface area contributed by atoms with E-state index in [2.05, 4.69) is 63.4 Å². The van der Waals surface area contributed by atoms with Crippen LogP contribution in [0.25, 0.3) is 0 Å². The van der Waals surface area contributed by atoms with Crippen LogP contribution in [0.2, 0.25) is 0 Å². The number of nitrogens with one attached hydrogen (secondary N) is 2. The van der Waals surface area contributed by atoms with Crippen LogP contribution in [0, 0.1) is 0 Å². The number of nitrogens with zero attached hydrogens (tertiary/aromatic N) is 2. The second-order valence-electron chi connectivity index (χ2n) is 6.12. The molecule has 0 fully saturated rings. The summed E-state index contributed by atoms with van der Waals surface area (Å²) in [6.07, 6.45) is 1.79. The molecule has 2 aromatic rings. The van der Waals surface area contributed by atoms with Crippen LogP contribution in [0.15, 0.2) is 31.5 Å². The zero-order chi connectivity index (χ0) is 16.9. The molecule has 0 radical (unpaired) electrons. The van der Waals surface area contributed by atoms with Crippen molar-refractivity contribution >= 4 is 33.2 Å². The SMILES string of the molecule is CCNC(=NCc1ncc(C(C)(C)C)o1)NCc1ccc(Br)s1. The zero-order valence-electron chi connectivity index (χ0n) is 13.9. The second-order valence-corrected chi connectivity index (χ2v) is 8.67. The first kappa shape index (κ1) is 18.0. The zero-order valence-corrected chi connectivity index (χ0v) is 16.3. The van der Waals surface area contributed by atoms with Crippen molar-refractivity contribution in [2.24, 2.45) is 4.99 Å². The van der Waals surface area contributed by atoms with E-state index in [0.717, 1.165) is 28.6 Å². The third-order valence-corrected chi connectivity index (χ3v) is 4.69. The topological polar surface area (TPSA) is 62.5 Å². The Morgan fingerprint density at radius 3 is 2.70 bits per heavy atom. The number of thiophene rings is 1. The Bertz CT molecular complexity index is 657. The van der Waals surface area contributed by atoms with Gasteiger partial charge in [-0.05, 0) is 35.0 Å². The molecule has 2 rings (SSSR count). The predicted molar refractivity (Wildman–Crippen MR) is 98.9 cm³/mol. The van der Waals surface area contributed by atoms with Gasteiger partial charge in [-0.1, -0.05) is 20.8 Å². The lowest BCUT2D eigenvalue weighted by Crippen LogP contribution is -2.36. The smallest absolute Gasteiger partial charge is 0.216 e. The van der Waals surface area contributed by atoms with E-state index in [-0.39, 0.29) is 5.41 Å². The summed E-state index contributed by atoms with van der Waals surface area (Å²) in [5.41, 5.74) is -0.0374. The van der Waals surface area contributed by atoms with Crippen LogP contribution >= 0.6 is 27.3 Å².